The van der Waals surface area contributed by atoms with E-state index in [0.717, 1.165) is 16.0 Å². The number of amides is 3. The molecule has 166 valence electrons. The predicted molar refractivity (Wildman–Crippen MR) is 114 cm³/mol. The largest absolute Gasteiger partial charge is 0.392 e. The lowest BCUT2D eigenvalue weighted by Gasteiger charge is -2.30. The minimum absolute atomic E-state index is 0.0189. The Labute approximate surface area is 184 Å². The normalized spacial score (nSPS) is 29.5. The standard InChI is InChI=1S/C24H24FN3O4/c1-11-4-9-16-19(12(11)2)26-23(32)24(16)18-17(20(27-24)13(3)29)21(30)28(22(18)31)10-14-5-7-15(25)8-6-14/h4-9,13,17-18,20,27,29H,10H2,1-3H3,(H,26,32). The topological polar surface area (TPSA) is 98.7 Å². The van der Waals surface area contributed by atoms with Gasteiger partial charge >= 0.3 is 0 Å². The number of anilines is 1. The maximum absolute atomic E-state index is 13.6. The summed E-state index contributed by atoms with van der Waals surface area (Å²) in [7, 11) is 0. The third-order valence-electron chi connectivity index (χ3n) is 7.22. The number of aliphatic hydroxyl groups excluding tert-OH is 1. The fourth-order valence-corrected chi connectivity index (χ4v) is 5.45. The van der Waals surface area contributed by atoms with Crippen molar-refractivity contribution < 1.29 is 23.9 Å². The molecular weight excluding hydrogens is 413 g/mol. The van der Waals surface area contributed by atoms with Gasteiger partial charge in [-0.2, -0.15) is 0 Å². The summed E-state index contributed by atoms with van der Waals surface area (Å²) in [5.41, 5.74) is 2.32. The van der Waals surface area contributed by atoms with Gasteiger partial charge < -0.3 is 10.4 Å². The van der Waals surface area contributed by atoms with Crippen molar-refractivity contribution in [2.24, 2.45) is 11.8 Å². The van der Waals surface area contributed by atoms with Gasteiger partial charge in [-0.05, 0) is 49.6 Å². The molecule has 7 nitrogen and oxygen atoms in total. The summed E-state index contributed by atoms with van der Waals surface area (Å²) in [5.74, 6) is -3.60. The van der Waals surface area contributed by atoms with Crippen LogP contribution in [0.5, 0.6) is 0 Å². The van der Waals surface area contributed by atoms with Crippen LogP contribution in [-0.4, -0.2) is 39.9 Å². The first-order valence-corrected chi connectivity index (χ1v) is 10.6. The monoisotopic (exact) mass is 437 g/mol. The van der Waals surface area contributed by atoms with Gasteiger partial charge in [0.15, 0.2) is 0 Å². The second kappa shape index (κ2) is 6.95. The van der Waals surface area contributed by atoms with Gasteiger partial charge in [-0.1, -0.05) is 24.3 Å². The Morgan fingerprint density at radius 1 is 1.09 bits per heavy atom. The Bertz CT molecular complexity index is 1160. The first-order valence-electron chi connectivity index (χ1n) is 10.6. The summed E-state index contributed by atoms with van der Waals surface area (Å²) < 4.78 is 13.3. The zero-order chi connectivity index (χ0) is 22.9. The Balaban J connectivity index is 1.62. The number of hydrogen-bond donors (Lipinski definition) is 3. The second-order valence-electron chi connectivity index (χ2n) is 9.00. The number of nitrogens with zero attached hydrogens (tertiary/aromatic N) is 1. The molecule has 2 aromatic carbocycles. The fourth-order valence-electron chi connectivity index (χ4n) is 5.45. The summed E-state index contributed by atoms with van der Waals surface area (Å²) in [4.78, 5) is 41.6. The molecule has 1 spiro atoms. The zero-order valence-electron chi connectivity index (χ0n) is 18.0. The fraction of sp³-hybridized carbons (Fsp3) is 0.375. The van der Waals surface area contributed by atoms with E-state index in [1.807, 2.05) is 26.0 Å². The molecule has 5 atom stereocenters. The molecule has 0 aliphatic carbocycles. The predicted octanol–water partition coefficient (Wildman–Crippen LogP) is 1.74. The molecule has 5 rings (SSSR count). The van der Waals surface area contributed by atoms with Gasteiger partial charge in [-0.3, -0.25) is 24.6 Å². The number of fused-ring (bicyclic) bond motifs is 4. The molecule has 3 heterocycles. The highest BCUT2D eigenvalue weighted by molar-refractivity contribution is 6.15. The van der Waals surface area contributed by atoms with Crippen molar-refractivity contribution in [2.75, 3.05) is 5.32 Å². The number of nitrogens with one attached hydrogen (secondary N) is 2. The lowest BCUT2D eigenvalue weighted by molar-refractivity contribution is -0.143. The van der Waals surface area contributed by atoms with Crippen molar-refractivity contribution in [1.82, 2.24) is 10.2 Å². The van der Waals surface area contributed by atoms with Crippen LogP contribution in [0.1, 0.15) is 29.2 Å². The van der Waals surface area contributed by atoms with E-state index >= 15 is 0 Å². The lowest BCUT2D eigenvalue weighted by atomic mass is 9.76. The molecule has 0 bridgehead atoms. The minimum Gasteiger partial charge on any atom is -0.392 e. The molecule has 2 aromatic rings. The summed E-state index contributed by atoms with van der Waals surface area (Å²) in [6.07, 6.45) is -0.965. The molecule has 3 aliphatic heterocycles. The molecule has 2 saturated heterocycles. The molecule has 0 radical (unpaired) electrons. The number of likely N-dealkylation sites (tertiary alicyclic amines) is 1. The van der Waals surface area contributed by atoms with Crippen molar-refractivity contribution in [3.05, 3.63) is 64.5 Å². The van der Waals surface area contributed by atoms with E-state index in [-0.39, 0.29) is 6.54 Å². The van der Waals surface area contributed by atoms with E-state index in [1.165, 1.54) is 24.3 Å². The van der Waals surface area contributed by atoms with Crippen molar-refractivity contribution in [3.8, 4) is 0 Å². The number of benzene rings is 2. The van der Waals surface area contributed by atoms with Gasteiger partial charge in [0.25, 0.3) is 0 Å². The van der Waals surface area contributed by atoms with Crippen LogP contribution < -0.4 is 10.6 Å². The van der Waals surface area contributed by atoms with Crippen molar-refractivity contribution in [3.63, 3.8) is 0 Å². The molecule has 2 fully saturated rings. The molecule has 8 heteroatoms. The van der Waals surface area contributed by atoms with E-state index in [1.54, 1.807) is 6.92 Å². The third-order valence-corrected chi connectivity index (χ3v) is 7.22. The first kappa shape index (κ1) is 20.8. The Morgan fingerprint density at radius 3 is 2.44 bits per heavy atom. The first-order chi connectivity index (χ1) is 15.2. The van der Waals surface area contributed by atoms with Crippen molar-refractivity contribution >= 4 is 23.4 Å². The molecular formula is C24H24FN3O4. The summed E-state index contributed by atoms with van der Waals surface area (Å²) in [6.45, 7) is 5.36. The lowest BCUT2D eigenvalue weighted by Crippen LogP contribution is -2.54. The number of halogens is 1. The van der Waals surface area contributed by atoms with Crippen LogP contribution >= 0.6 is 0 Å². The number of imide groups is 1. The third kappa shape index (κ3) is 2.63. The van der Waals surface area contributed by atoms with Crippen molar-refractivity contribution in [2.45, 2.75) is 45.0 Å². The van der Waals surface area contributed by atoms with E-state index in [2.05, 4.69) is 10.6 Å². The van der Waals surface area contributed by atoms with Gasteiger partial charge in [0, 0.05) is 17.3 Å². The number of carbonyl (C=O) groups excluding carboxylic acids is 3. The van der Waals surface area contributed by atoms with Crippen molar-refractivity contribution in [1.29, 1.82) is 0 Å². The van der Waals surface area contributed by atoms with Gasteiger partial charge in [0.05, 0.1) is 24.5 Å². The van der Waals surface area contributed by atoms with E-state index in [9.17, 15) is 23.9 Å². The zero-order valence-corrected chi connectivity index (χ0v) is 18.0. The average Bonchev–Trinajstić information content (AvgIpc) is 3.34. The minimum atomic E-state index is -1.44. The van der Waals surface area contributed by atoms with Crippen LogP contribution in [0.15, 0.2) is 36.4 Å². The summed E-state index contributed by atoms with van der Waals surface area (Å²) in [6, 6.07) is 8.52. The van der Waals surface area contributed by atoms with Crippen LogP contribution in [0.4, 0.5) is 10.1 Å². The van der Waals surface area contributed by atoms with E-state index in [4.69, 9.17) is 0 Å². The van der Waals surface area contributed by atoms with Crippen LogP contribution in [0.2, 0.25) is 0 Å². The van der Waals surface area contributed by atoms with Crippen LogP contribution in [-0.2, 0) is 26.5 Å². The maximum Gasteiger partial charge on any atom is 0.250 e. The highest BCUT2D eigenvalue weighted by atomic mass is 19.1. The highest BCUT2D eigenvalue weighted by Crippen LogP contribution is 2.54. The molecule has 0 aromatic heterocycles. The number of carbonyl (C=O) groups is 3. The van der Waals surface area contributed by atoms with E-state index < -0.39 is 53.1 Å². The number of hydrogen-bond acceptors (Lipinski definition) is 5. The molecule has 5 unspecified atom stereocenters. The second-order valence-corrected chi connectivity index (χ2v) is 9.00. The summed E-state index contributed by atoms with van der Waals surface area (Å²) >= 11 is 0. The Morgan fingerprint density at radius 2 is 1.78 bits per heavy atom. The van der Waals surface area contributed by atoms with Gasteiger partial charge in [-0.25, -0.2) is 4.39 Å². The van der Waals surface area contributed by atoms with Gasteiger partial charge in [-0.15, -0.1) is 0 Å². The number of rotatable bonds is 3. The highest BCUT2D eigenvalue weighted by Gasteiger charge is 2.71. The average molecular weight is 437 g/mol. The smallest absolute Gasteiger partial charge is 0.250 e. The summed E-state index contributed by atoms with van der Waals surface area (Å²) in [5, 5.41) is 16.6. The maximum atomic E-state index is 13.6. The van der Waals surface area contributed by atoms with E-state index in [0.29, 0.717) is 16.8 Å². The van der Waals surface area contributed by atoms with Crippen LogP contribution in [0.3, 0.4) is 0 Å². The molecule has 3 N–H and O–H groups in total. The Hall–Kier alpha value is -3.10. The molecule has 0 saturated carbocycles. The van der Waals surface area contributed by atoms with Crippen LogP contribution in [0.25, 0.3) is 0 Å². The number of aliphatic hydroxyl groups is 1. The SMILES string of the molecule is Cc1ccc2c(c1C)NC(=O)C21NC(C(C)O)C2C(=O)N(Cc3ccc(F)cc3)C(=O)C21. The Kier molecular flexibility index (Phi) is 4.51. The molecule has 3 aliphatic rings. The van der Waals surface area contributed by atoms with Gasteiger partial charge in [0.2, 0.25) is 17.7 Å². The molecule has 3 amide bonds. The van der Waals surface area contributed by atoms with Gasteiger partial charge in [0.1, 0.15) is 11.4 Å². The quantitative estimate of drug-likeness (QED) is 0.636. The number of aryl methyl sites for hydroxylation is 1. The molecule has 32 heavy (non-hydrogen) atoms. The van der Waals surface area contributed by atoms with Crippen LogP contribution in [0, 0.1) is 31.5 Å².